The van der Waals surface area contributed by atoms with Gasteiger partial charge in [0, 0.05) is 64.6 Å². The molecule has 3 aliphatic heterocycles. The second-order valence-corrected chi connectivity index (χ2v) is 14.3. The lowest BCUT2D eigenvalue weighted by Crippen LogP contribution is -2.52. The van der Waals surface area contributed by atoms with Gasteiger partial charge in [-0.15, -0.1) is 0 Å². The maximum Gasteiger partial charge on any atom is 0.410 e. The smallest absolute Gasteiger partial charge is 0.410 e. The van der Waals surface area contributed by atoms with Crippen molar-refractivity contribution in [3.05, 3.63) is 36.0 Å². The third-order valence-corrected chi connectivity index (χ3v) is 10.1. The Bertz CT molecular complexity index is 1140. The number of amides is 1. The van der Waals surface area contributed by atoms with E-state index in [1.54, 1.807) is 43.2 Å². The summed E-state index contributed by atoms with van der Waals surface area (Å²) in [4.78, 5) is 30.2. The van der Waals surface area contributed by atoms with Crippen LogP contribution in [-0.2, 0) is 23.7 Å². The number of aliphatic hydroxyl groups excluding tert-OH is 2. The monoisotopic (exact) mass is 679 g/mol. The predicted octanol–water partition coefficient (Wildman–Crippen LogP) is 2.94. The quantitative estimate of drug-likeness (QED) is 0.104. The summed E-state index contributed by atoms with van der Waals surface area (Å²) in [5.41, 5.74) is 4.32. The molecule has 2 fully saturated rings. The van der Waals surface area contributed by atoms with Crippen LogP contribution in [0.5, 0.6) is 0 Å². The Morgan fingerprint density at radius 2 is 1.96 bits per heavy atom. The molecule has 0 bridgehead atoms. The number of rotatable bonds is 12. The van der Waals surface area contributed by atoms with Gasteiger partial charge in [-0.3, -0.25) is 9.69 Å². The van der Waals surface area contributed by atoms with E-state index in [0.29, 0.717) is 38.9 Å². The van der Waals surface area contributed by atoms with E-state index < -0.39 is 47.7 Å². The van der Waals surface area contributed by atoms with E-state index in [1.165, 1.54) is 0 Å². The third-order valence-electron chi connectivity index (χ3n) is 10.1. The molecular formula is C36H61N3O9. The maximum atomic E-state index is 13.3. The van der Waals surface area contributed by atoms with Crippen LogP contribution in [0.15, 0.2) is 36.0 Å². The summed E-state index contributed by atoms with van der Waals surface area (Å²) in [5, 5.41) is 31.9. The molecule has 0 aromatic carbocycles. The van der Waals surface area contributed by atoms with Crippen LogP contribution in [0.4, 0.5) is 4.79 Å². The molecule has 3 aliphatic rings. The van der Waals surface area contributed by atoms with Crippen LogP contribution in [0.25, 0.3) is 0 Å². The number of nitrogens with zero attached hydrogens (tertiary/aromatic N) is 2. The zero-order valence-corrected chi connectivity index (χ0v) is 30.0. The molecule has 2 saturated heterocycles. The standard InChI is InChI=1S/C36H61N3O9/c1-8-28(41)26(4)33-29(46-33)23-35(5,44)14-9-10-24(2)32-25(3)11-12-30(36(6,45-7)15-13-27(40)22-31(42)48-32)47-34(43)39-20-18-38(17-16-37)19-21-39/h9-12,14,25-30,32-33,40-41,44H,8,13,15-23,37H2,1-7H3/b12-11+,14-9+,24-10+/t25-,26+,27+,28-,29+,30-,32+,33+,35-,36+/m0/s1. The van der Waals surface area contributed by atoms with Gasteiger partial charge in [0.25, 0.3) is 0 Å². The summed E-state index contributed by atoms with van der Waals surface area (Å²) in [5.74, 6) is -0.856. The van der Waals surface area contributed by atoms with Gasteiger partial charge in [0.1, 0.15) is 11.7 Å². The van der Waals surface area contributed by atoms with Gasteiger partial charge in [-0.1, -0.05) is 45.1 Å². The Kier molecular flexibility index (Phi) is 15.1. The molecule has 0 unspecified atom stereocenters. The SMILES string of the molecule is CC[C@H](O)[C@@H](C)[C@H]1O[C@@H]1C[C@@](C)(O)/C=C/C=C(\C)[C@H]1OC(=O)C[C@H](O)CC[C@@](C)(OC)[C@@H](OC(=O)N2CCN(CCN)CC2)/C=C/[C@@H]1C. The highest BCUT2D eigenvalue weighted by atomic mass is 16.6. The summed E-state index contributed by atoms with van der Waals surface area (Å²) in [6, 6.07) is 0. The minimum atomic E-state index is -1.15. The summed E-state index contributed by atoms with van der Waals surface area (Å²) >= 11 is 0. The van der Waals surface area contributed by atoms with E-state index >= 15 is 0 Å². The number of cyclic esters (lactones) is 1. The fraction of sp³-hybridized carbons (Fsp3) is 0.778. The number of nitrogens with two attached hydrogens (primary N) is 1. The second-order valence-electron chi connectivity index (χ2n) is 14.3. The van der Waals surface area contributed by atoms with Gasteiger partial charge < -0.3 is 44.9 Å². The highest BCUT2D eigenvalue weighted by molar-refractivity contribution is 5.70. The predicted molar refractivity (Wildman–Crippen MR) is 183 cm³/mol. The van der Waals surface area contributed by atoms with Crippen LogP contribution in [0.1, 0.15) is 73.6 Å². The average Bonchev–Trinajstić information content (AvgIpc) is 3.81. The van der Waals surface area contributed by atoms with E-state index in [0.717, 1.165) is 25.2 Å². The van der Waals surface area contributed by atoms with Gasteiger partial charge in [0.15, 0.2) is 6.10 Å². The number of carbonyl (C=O) groups is 2. The van der Waals surface area contributed by atoms with Crippen molar-refractivity contribution in [3.8, 4) is 0 Å². The zero-order chi connectivity index (χ0) is 35.6. The van der Waals surface area contributed by atoms with Crippen molar-refractivity contribution in [2.45, 2.75) is 121 Å². The molecule has 274 valence electrons. The number of carbonyl (C=O) groups excluding carboxylic acids is 2. The zero-order valence-electron chi connectivity index (χ0n) is 30.0. The number of piperazine rings is 1. The van der Waals surface area contributed by atoms with Gasteiger partial charge in [0.05, 0.1) is 36.4 Å². The van der Waals surface area contributed by atoms with Gasteiger partial charge in [-0.25, -0.2) is 4.79 Å². The topological polar surface area (TPSA) is 168 Å². The fourth-order valence-electron chi connectivity index (χ4n) is 6.53. The van der Waals surface area contributed by atoms with Gasteiger partial charge in [-0.05, 0) is 51.7 Å². The lowest BCUT2D eigenvalue weighted by atomic mass is 9.88. The number of esters is 1. The first kappa shape index (κ1) is 40.1. The van der Waals surface area contributed by atoms with Crippen LogP contribution >= 0.6 is 0 Å². The number of allylic oxidation sites excluding steroid dienone is 2. The highest BCUT2D eigenvalue weighted by Crippen LogP contribution is 2.37. The van der Waals surface area contributed by atoms with E-state index in [4.69, 9.17) is 24.7 Å². The molecule has 0 aromatic rings. The van der Waals surface area contributed by atoms with Crippen LogP contribution in [0.2, 0.25) is 0 Å². The number of ether oxygens (including phenoxy) is 4. The van der Waals surface area contributed by atoms with Crippen molar-refractivity contribution in [1.82, 2.24) is 9.80 Å². The summed E-state index contributed by atoms with van der Waals surface area (Å²) in [6.07, 6.45) is 6.85. The molecule has 12 heteroatoms. The molecule has 5 N–H and O–H groups in total. The van der Waals surface area contributed by atoms with E-state index in [1.807, 2.05) is 40.7 Å². The average molecular weight is 680 g/mol. The first-order valence-electron chi connectivity index (χ1n) is 17.5. The van der Waals surface area contributed by atoms with Gasteiger partial charge in [0.2, 0.25) is 0 Å². The van der Waals surface area contributed by atoms with Crippen molar-refractivity contribution in [1.29, 1.82) is 0 Å². The summed E-state index contributed by atoms with van der Waals surface area (Å²) in [6.45, 7) is 15.1. The number of aliphatic hydroxyl groups is 3. The molecule has 0 aliphatic carbocycles. The molecule has 1 amide bonds. The lowest BCUT2D eigenvalue weighted by Gasteiger charge is -2.38. The van der Waals surface area contributed by atoms with E-state index in [2.05, 4.69) is 4.90 Å². The Labute approximate surface area is 286 Å². The van der Waals surface area contributed by atoms with Crippen LogP contribution in [-0.4, -0.2) is 131 Å². The number of epoxide rings is 1. The molecule has 0 aromatic heterocycles. The lowest BCUT2D eigenvalue weighted by molar-refractivity contribution is -0.151. The minimum absolute atomic E-state index is 0.00664. The molecule has 3 heterocycles. The van der Waals surface area contributed by atoms with Gasteiger partial charge in [-0.2, -0.15) is 0 Å². The molecule has 12 nitrogen and oxygen atoms in total. The summed E-state index contributed by atoms with van der Waals surface area (Å²) < 4.78 is 23.7. The number of hydrogen-bond acceptors (Lipinski definition) is 11. The van der Waals surface area contributed by atoms with Crippen LogP contribution in [0, 0.1) is 11.8 Å². The molecule has 48 heavy (non-hydrogen) atoms. The molecule has 10 atom stereocenters. The van der Waals surface area contributed by atoms with Crippen molar-refractivity contribution in [3.63, 3.8) is 0 Å². The fourth-order valence-corrected chi connectivity index (χ4v) is 6.53. The van der Waals surface area contributed by atoms with E-state index in [9.17, 15) is 24.9 Å². The first-order chi connectivity index (χ1) is 22.6. The maximum absolute atomic E-state index is 13.3. The van der Waals surface area contributed by atoms with Crippen LogP contribution in [0.3, 0.4) is 0 Å². The molecule has 0 saturated carbocycles. The van der Waals surface area contributed by atoms with Gasteiger partial charge >= 0.3 is 12.1 Å². The van der Waals surface area contributed by atoms with Crippen molar-refractivity contribution in [2.24, 2.45) is 17.6 Å². The molecule has 0 radical (unpaired) electrons. The Morgan fingerprint density at radius 1 is 1.27 bits per heavy atom. The largest absolute Gasteiger partial charge is 0.457 e. The highest BCUT2D eigenvalue weighted by Gasteiger charge is 2.47. The van der Waals surface area contributed by atoms with Crippen molar-refractivity contribution >= 4 is 12.1 Å². The molecule has 3 rings (SSSR count). The van der Waals surface area contributed by atoms with Crippen molar-refractivity contribution in [2.75, 3.05) is 46.4 Å². The Balaban J connectivity index is 1.76. The number of methoxy groups -OCH3 is 1. The normalized spacial score (nSPS) is 34.4. The Hall–Kier alpha value is -2.32. The van der Waals surface area contributed by atoms with E-state index in [-0.39, 0.29) is 36.9 Å². The third kappa shape index (κ3) is 11.6. The summed E-state index contributed by atoms with van der Waals surface area (Å²) in [7, 11) is 1.55. The molecular weight excluding hydrogens is 618 g/mol. The molecule has 0 spiro atoms. The first-order valence-corrected chi connectivity index (χ1v) is 17.5. The second kappa shape index (κ2) is 18.1. The Morgan fingerprint density at radius 3 is 2.58 bits per heavy atom. The van der Waals surface area contributed by atoms with Crippen LogP contribution < -0.4 is 5.73 Å². The number of hydrogen-bond donors (Lipinski definition) is 4. The van der Waals surface area contributed by atoms with Crippen molar-refractivity contribution < 1.29 is 43.9 Å². The minimum Gasteiger partial charge on any atom is -0.457 e.